The van der Waals surface area contributed by atoms with Gasteiger partial charge in [-0.15, -0.1) is 12.4 Å². The van der Waals surface area contributed by atoms with E-state index >= 15 is 0 Å². The van der Waals surface area contributed by atoms with Crippen LogP contribution < -0.4 is 15.8 Å². The Bertz CT molecular complexity index is 482. The Morgan fingerprint density at radius 1 is 1.37 bits per heavy atom. The Kier molecular flexibility index (Phi) is 3.90. The summed E-state index contributed by atoms with van der Waals surface area (Å²) >= 11 is 0. The third-order valence-corrected chi connectivity index (χ3v) is 4.21. The molecule has 2 unspecified atom stereocenters. The van der Waals surface area contributed by atoms with Gasteiger partial charge in [0, 0.05) is 11.6 Å². The van der Waals surface area contributed by atoms with Crippen LogP contribution in [0.4, 0.5) is 11.4 Å². The molecule has 2 atom stereocenters. The molecule has 1 aromatic rings. The monoisotopic (exact) mass is 282 g/mol. The van der Waals surface area contributed by atoms with E-state index in [2.05, 4.69) is 5.32 Å². The number of nitrogens with two attached hydrogens (primary N) is 1. The lowest BCUT2D eigenvalue weighted by atomic mass is 10.1. The predicted molar refractivity (Wildman–Crippen MR) is 77.6 cm³/mol. The highest BCUT2D eigenvalue weighted by atomic mass is 35.5. The first-order valence-electron chi connectivity index (χ1n) is 6.45. The molecule has 3 rings (SSSR count). The summed E-state index contributed by atoms with van der Waals surface area (Å²) in [6.45, 7) is 0. The van der Waals surface area contributed by atoms with Crippen LogP contribution in [0.5, 0.6) is 5.75 Å². The molecule has 0 spiro atoms. The van der Waals surface area contributed by atoms with Gasteiger partial charge in [-0.3, -0.25) is 4.79 Å². The number of rotatable bonds is 3. The average Bonchev–Trinajstić information content (AvgIpc) is 2.84. The van der Waals surface area contributed by atoms with Gasteiger partial charge in [0.15, 0.2) is 0 Å². The fraction of sp³-hybridized carbons (Fsp3) is 0.500. The molecule has 0 aromatic heterocycles. The lowest BCUT2D eigenvalue weighted by Gasteiger charge is -2.09. The molecule has 1 aromatic carbocycles. The van der Waals surface area contributed by atoms with Gasteiger partial charge in [0.1, 0.15) is 5.75 Å². The minimum absolute atomic E-state index is 0. The summed E-state index contributed by atoms with van der Waals surface area (Å²) in [6.07, 6.45) is 3.72. The van der Waals surface area contributed by atoms with Gasteiger partial charge in [-0.1, -0.05) is 6.42 Å². The number of halogens is 1. The number of carbonyl (C=O) groups is 1. The van der Waals surface area contributed by atoms with Crippen LogP contribution in [0.15, 0.2) is 18.2 Å². The van der Waals surface area contributed by atoms with Crippen molar-refractivity contribution in [2.45, 2.75) is 19.3 Å². The van der Waals surface area contributed by atoms with Gasteiger partial charge < -0.3 is 15.8 Å². The van der Waals surface area contributed by atoms with Crippen molar-refractivity contribution in [2.24, 2.45) is 17.8 Å². The highest BCUT2D eigenvalue weighted by Crippen LogP contribution is 2.57. The normalized spacial score (nSPS) is 27.1. The quantitative estimate of drug-likeness (QED) is 0.838. The number of ether oxygens (including phenoxy) is 1. The van der Waals surface area contributed by atoms with Crippen molar-refractivity contribution in [3.8, 4) is 5.75 Å². The van der Waals surface area contributed by atoms with Crippen LogP contribution in [0.1, 0.15) is 19.3 Å². The Morgan fingerprint density at radius 3 is 2.63 bits per heavy atom. The van der Waals surface area contributed by atoms with Gasteiger partial charge in [-0.05, 0) is 42.9 Å². The molecule has 3 N–H and O–H groups in total. The number of methoxy groups -OCH3 is 1. The maximum absolute atomic E-state index is 12.1. The first kappa shape index (κ1) is 14.0. The molecule has 104 valence electrons. The minimum Gasteiger partial charge on any atom is -0.495 e. The van der Waals surface area contributed by atoms with Crippen LogP contribution in [-0.2, 0) is 4.79 Å². The lowest BCUT2D eigenvalue weighted by molar-refractivity contribution is -0.118. The molecule has 0 bridgehead atoms. The standard InChI is InChI=1S/C14H18N2O2.ClH/c1-18-12-6-5-8(7-11(12)15)16-14(17)13-9-3-2-4-10(9)13;/h5-7,9-10,13H,2-4,15H2,1H3,(H,16,17);1H. The Balaban J connectivity index is 0.00000133. The number of anilines is 2. The molecular weight excluding hydrogens is 264 g/mol. The van der Waals surface area contributed by atoms with Crippen LogP contribution in [0.3, 0.4) is 0 Å². The molecule has 4 nitrogen and oxygen atoms in total. The maximum atomic E-state index is 12.1. The second-order valence-electron chi connectivity index (χ2n) is 5.23. The van der Waals surface area contributed by atoms with Crippen molar-refractivity contribution in [1.82, 2.24) is 0 Å². The van der Waals surface area contributed by atoms with Gasteiger partial charge in [-0.25, -0.2) is 0 Å². The van der Waals surface area contributed by atoms with Crippen molar-refractivity contribution in [1.29, 1.82) is 0 Å². The van der Waals surface area contributed by atoms with Gasteiger partial charge in [0.25, 0.3) is 0 Å². The summed E-state index contributed by atoms with van der Waals surface area (Å²) in [4.78, 5) is 12.1. The van der Waals surface area contributed by atoms with Gasteiger partial charge in [0.05, 0.1) is 12.8 Å². The minimum atomic E-state index is 0. The number of fused-ring (bicyclic) bond motifs is 1. The molecule has 1 amide bonds. The number of amides is 1. The van der Waals surface area contributed by atoms with Gasteiger partial charge >= 0.3 is 0 Å². The van der Waals surface area contributed by atoms with Gasteiger partial charge in [-0.2, -0.15) is 0 Å². The molecule has 0 heterocycles. The third kappa shape index (κ3) is 2.50. The highest BCUT2D eigenvalue weighted by Gasteiger charge is 2.56. The Hall–Kier alpha value is -1.42. The molecule has 2 aliphatic rings. The topological polar surface area (TPSA) is 64.3 Å². The number of benzene rings is 1. The van der Waals surface area contributed by atoms with E-state index in [1.54, 1.807) is 19.2 Å². The second kappa shape index (κ2) is 5.29. The number of nitrogens with one attached hydrogen (secondary N) is 1. The van der Waals surface area contributed by atoms with E-state index in [0.29, 0.717) is 23.3 Å². The number of nitrogen functional groups attached to an aromatic ring is 1. The molecule has 2 saturated carbocycles. The van der Waals surface area contributed by atoms with Crippen molar-refractivity contribution >= 4 is 29.7 Å². The summed E-state index contributed by atoms with van der Waals surface area (Å²) < 4.78 is 5.09. The molecule has 0 aliphatic heterocycles. The van der Waals surface area contributed by atoms with Crippen LogP contribution in [0, 0.1) is 17.8 Å². The fourth-order valence-electron chi connectivity index (χ4n) is 3.25. The average molecular weight is 283 g/mol. The van der Waals surface area contributed by atoms with Crippen LogP contribution in [0.25, 0.3) is 0 Å². The van der Waals surface area contributed by atoms with E-state index in [9.17, 15) is 4.79 Å². The summed E-state index contributed by atoms with van der Waals surface area (Å²) in [5.74, 6) is 2.30. The lowest BCUT2D eigenvalue weighted by Crippen LogP contribution is -2.16. The van der Waals surface area contributed by atoms with E-state index in [0.717, 1.165) is 5.69 Å². The first-order valence-corrected chi connectivity index (χ1v) is 6.45. The SMILES string of the molecule is COc1ccc(NC(=O)C2C3CCCC32)cc1N.Cl. The molecule has 2 aliphatic carbocycles. The van der Waals surface area contributed by atoms with E-state index in [1.807, 2.05) is 6.07 Å². The zero-order valence-corrected chi connectivity index (χ0v) is 11.7. The molecular formula is C14H19ClN2O2. The van der Waals surface area contributed by atoms with E-state index < -0.39 is 0 Å². The zero-order chi connectivity index (χ0) is 12.7. The summed E-state index contributed by atoms with van der Waals surface area (Å²) in [6, 6.07) is 5.35. The van der Waals surface area contributed by atoms with Crippen molar-refractivity contribution in [3.63, 3.8) is 0 Å². The van der Waals surface area contributed by atoms with Crippen LogP contribution in [0.2, 0.25) is 0 Å². The fourth-order valence-corrected chi connectivity index (χ4v) is 3.25. The number of carbonyl (C=O) groups excluding carboxylic acids is 1. The molecule has 0 radical (unpaired) electrons. The summed E-state index contributed by atoms with van der Waals surface area (Å²) in [5.41, 5.74) is 7.12. The van der Waals surface area contributed by atoms with E-state index in [1.165, 1.54) is 19.3 Å². The maximum Gasteiger partial charge on any atom is 0.228 e. The largest absolute Gasteiger partial charge is 0.495 e. The third-order valence-electron chi connectivity index (χ3n) is 4.21. The second-order valence-corrected chi connectivity index (χ2v) is 5.23. The van der Waals surface area contributed by atoms with Crippen molar-refractivity contribution in [3.05, 3.63) is 18.2 Å². The van der Waals surface area contributed by atoms with Crippen molar-refractivity contribution in [2.75, 3.05) is 18.2 Å². The van der Waals surface area contributed by atoms with Crippen LogP contribution >= 0.6 is 12.4 Å². The molecule has 19 heavy (non-hydrogen) atoms. The Morgan fingerprint density at radius 2 is 2.05 bits per heavy atom. The summed E-state index contributed by atoms with van der Waals surface area (Å²) in [5, 5.41) is 2.95. The van der Waals surface area contributed by atoms with Crippen LogP contribution in [-0.4, -0.2) is 13.0 Å². The van der Waals surface area contributed by atoms with E-state index in [-0.39, 0.29) is 24.2 Å². The smallest absolute Gasteiger partial charge is 0.228 e. The molecule has 2 fully saturated rings. The Labute approximate surface area is 119 Å². The number of hydrogen-bond acceptors (Lipinski definition) is 3. The van der Waals surface area contributed by atoms with Crippen molar-refractivity contribution < 1.29 is 9.53 Å². The zero-order valence-electron chi connectivity index (χ0n) is 10.9. The van der Waals surface area contributed by atoms with E-state index in [4.69, 9.17) is 10.5 Å². The highest BCUT2D eigenvalue weighted by molar-refractivity contribution is 5.95. The summed E-state index contributed by atoms with van der Waals surface area (Å²) in [7, 11) is 1.58. The predicted octanol–water partition coefficient (Wildman–Crippen LogP) is 2.68. The molecule has 0 saturated heterocycles. The van der Waals surface area contributed by atoms with Gasteiger partial charge in [0.2, 0.25) is 5.91 Å². The first-order chi connectivity index (χ1) is 8.70. The molecule has 5 heteroatoms. The number of hydrogen-bond donors (Lipinski definition) is 2.